The van der Waals surface area contributed by atoms with Crippen LogP contribution in [-0.4, -0.2) is 47.9 Å². The number of fused-ring (bicyclic) bond motifs is 1. The predicted octanol–water partition coefficient (Wildman–Crippen LogP) is -0.0783. The lowest BCUT2D eigenvalue weighted by Gasteiger charge is -2.14. The van der Waals surface area contributed by atoms with Gasteiger partial charge >= 0.3 is 5.97 Å². The minimum absolute atomic E-state index is 0.0474. The van der Waals surface area contributed by atoms with E-state index in [1.54, 1.807) is 4.57 Å². The van der Waals surface area contributed by atoms with Crippen molar-refractivity contribution in [3.63, 3.8) is 0 Å². The molecule has 0 spiro atoms. The van der Waals surface area contributed by atoms with Crippen LogP contribution in [0.3, 0.4) is 0 Å². The molecule has 0 saturated carbocycles. The first kappa shape index (κ1) is 13.7. The lowest BCUT2D eigenvalue weighted by atomic mass is 10.1. The number of aliphatic hydroxyl groups is 1. The lowest BCUT2D eigenvalue weighted by Crippen LogP contribution is -2.21. The number of aromatic nitrogens is 4. The number of carbonyl (C=O) groups is 1. The smallest absolute Gasteiger partial charge is 0.303 e. The molecule has 0 bridgehead atoms. The highest BCUT2D eigenvalue weighted by atomic mass is 16.5. The van der Waals surface area contributed by atoms with Crippen LogP contribution < -0.4 is 5.73 Å². The summed E-state index contributed by atoms with van der Waals surface area (Å²) < 4.78 is 7.40. The molecule has 0 radical (unpaired) electrons. The average molecular weight is 293 g/mol. The minimum Gasteiger partial charge on any atom is -0.481 e. The Labute approximate surface area is 119 Å². The van der Waals surface area contributed by atoms with E-state index in [4.69, 9.17) is 15.6 Å². The number of hydrogen-bond donors (Lipinski definition) is 3. The fourth-order valence-electron chi connectivity index (χ4n) is 2.49. The van der Waals surface area contributed by atoms with E-state index in [0.717, 1.165) is 0 Å². The summed E-state index contributed by atoms with van der Waals surface area (Å²) in [5.41, 5.74) is 6.72. The van der Waals surface area contributed by atoms with E-state index in [9.17, 15) is 9.90 Å². The number of nitrogens with two attached hydrogens (primary N) is 1. The molecule has 0 unspecified atom stereocenters. The van der Waals surface area contributed by atoms with Crippen LogP contribution in [0.5, 0.6) is 0 Å². The van der Waals surface area contributed by atoms with Crippen molar-refractivity contribution in [2.24, 2.45) is 0 Å². The second-order valence-electron chi connectivity index (χ2n) is 4.95. The zero-order valence-electron chi connectivity index (χ0n) is 11.1. The summed E-state index contributed by atoms with van der Waals surface area (Å²) in [6.45, 7) is 0. The van der Waals surface area contributed by atoms with Crippen molar-refractivity contribution in [2.45, 2.75) is 37.7 Å². The number of carboxylic acids is 1. The standard InChI is InChI=1S/C12H15N5O4/c13-11-10-12(15-4-14-11)17(5-16-10)8-3-6(18)7(21-8)1-2-9(19)20/h4-8,18H,1-3H2,(H,19,20)(H2,13,14,15)/t6-,7+,8+/m0/s1. The quantitative estimate of drug-likeness (QED) is 0.712. The summed E-state index contributed by atoms with van der Waals surface area (Å²) >= 11 is 0. The molecule has 9 heteroatoms. The molecule has 3 rings (SSSR count). The van der Waals surface area contributed by atoms with Crippen molar-refractivity contribution in [1.29, 1.82) is 0 Å². The Morgan fingerprint density at radius 1 is 1.48 bits per heavy atom. The summed E-state index contributed by atoms with van der Waals surface area (Å²) in [5.74, 6) is -0.637. The first-order valence-corrected chi connectivity index (χ1v) is 6.54. The number of anilines is 1. The van der Waals surface area contributed by atoms with E-state index in [1.807, 2.05) is 0 Å². The van der Waals surface area contributed by atoms with Gasteiger partial charge in [-0.1, -0.05) is 0 Å². The molecular weight excluding hydrogens is 278 g/mol. The van der Waals surface area contributed by atoms with Crippen LogP contribution >= 0.6 is 0 Å². The summed E-state index contributed by atoms with van der Waals surface area (Å²) in [5, 5.41) is 18.7. The summed E-state index contributed by atoms with van der Waals surface area (Å²) in [4.78, 5) is 22.7. The molecule has 21 heavy (non-hydrogen) atoms. The second-order valence-corrected chi connectivity index (χ2v) is 4.95. The SMILES string of the molecule is Nc1ncnc2c1ncn2[C@H]1C[C@H](O)[C@@H](CCC(=O)O)O1. The van der Waals surface area contributed by atoms with Crippen LogP contribution in [0.15, 0.2) is 12.7 Å². The third kappa shape index (κ3) is 2.52. The van der Waals surface area contributed by atoms with Gasteiger partial charge in [0.1, 0.15) is 18.1 Å². The van der Waals surface area contributed by atoms with Crippen LogP contribution in [0.2, 0.25) is 0 Å². The van der Waals surface area contributed by atoms with Gasteiger partial charge in [0.25, 0.3) is 0 Å². The minimum atomic E-state index is -0.914. The fourth-order valence-corrected chi connectivity index (χ4v) is 2.49. The van der Waals surface area contributed by atoms with E-state index >= 15 is 0 Å². The number of imidazole rings is 1. The fraction of sp³-hybridized carbons (Fsp3) is 0.500. The van der Waals surface area contributed by atoms with E-state index in [-0.39, 0.29) is 18.7 Å². The van der Waals surface area contributed by atoms with Gasteiger partial charge in [-0.15, -0.1) is 0 Å². The van der Waals surface area contributed by atoms with Gasteiger partial charge in [-0.2, -0.15) is 0 Å². The Kier molecular flexibility index (Phi) is 3.43. The third-order valence-corrected chi connectivity index (χ3v) is 3.54. The second kappa shape index (κ2) is 5.26. The van der Waals surface area contributed by atoms with Crippen LogP contribution in [0, 0.1) is 0 Å². The summed E-state index contributed by atoms with van der Waals surface area (Å²) in [6.07, 6.45) is 1.76. The highest BCUT2D eigenvalue weighted by Crippen LogP contribution is 2.33. The van der Waals surface area contributed by atoms with Gasteiger partial charge in [0, 0.05) is 12.8 Å². The van der Waals surface area contributed by atoms with Gasteiger partial charge in [0.2, 0.25) is 0 Å². The molecule has 3 heterocycles. The highest BCUT2D eigenvalue weighted by Gasteiger charge is 2.35. The van der Waals surface area contributed by atoms with Crippen molar-refractivity contribution < 1.29 is 19.7 Å². The zero-order valence-corrected chi connectivity index (χ0v) is 11.1. The van der Waals surface area contributed by atoms with Gasteiger partial charge in [-0.05, 0) is 6.42 Å². The number of rotatable bonds is 4. The molecule has 1 aliphatic heterocycles. The first-order valence-electron chi connectivity index (χ1n) is 6.54. The molecule has 0 amide bonds. The van der Waals surface area contributed by atoms with Crippen LogP contribution in [0.4, 0.5) is 5.82 Å². The maximum Gasteiger partial charge on any atom is 0.303 e. The van der Waals surface area contributed by atoms with Gasteiger partial charge in [0.15, 0.2) is 11.5 Å². The molecule has 2 aromatic rings. The highest BCUT2D eigenvalue weighted by molar-refractivity contribution is 5.81. The monoisotopic (exact) mass is 293 g/mol. The molecule has 3 atom stereocenters. The maximum absolute atomic E-state index is 10.6. The summed E-state index contributed by atoms with van der Waals surface area (Å²) in [6, 6.07) is 0. The molecule has 4 N–H and O–H groups in total. The largest absolute Gasteiger partial charge is 0.481 e. The molecule has 0 aromatic carbocycles. The number of aliphatic hydroxyl groups excluding tert-OH is 1. The topological polar surface area (TPSA) is 136 Å². The van der Waals surface area contributed by atoms with Crippen molar-refractivity contribution in [3.05, 3.63) is 12.7 Å². The van der Waals surface area contributed by atoms with E-state index in [0.29, 0.717) is 17.6 Å². The Morgan fingerprint density at radius 3 is 3.05 bits per heavy atom. The van der Waals surface area contributed by atoms with Gasteiger partial charge in [-0.25, -0.2) is 15.0 Å². The Balaban J connectivity index is 1.81. The molecule has 1 saturated heterocycles. The molecule has 112 valence electrons. The van der Waals surface area contributed by atoms with Crippen LogP contribution in [-0.2, 0) is 9.53 Å². The number of ether oxygens (including phenoxy) is 1. The molecular formula is C12H15N5O4. The van der Waals surface area contributed by atoms with Gasteiger partial charge < -0.3 is 20.7 Å². The average Bonchev–Trinajstić information content (AvgIpc) is 3.01. The molecule has 2 aromatic heterocycles. The Bertz CT molecular complexity index is 673. The zero-order chi connectivity index (χ0) is 15.0. The van der Waals surface area contributed by atoms with Crippen molar-refractivity contribution in [1.82, 2.24) is 19.5 Å². The van der Waals surface area contributed by atoms with Crippen LogP contribution in [0.25, 0.3) is 11.2 Å². The number of nitrogen functional groups attached to an aromatic ring is 1. The normalized spacial score (nSPS) is 25.5. The molecule has 0 aliphatic carbocycles. The first-order chi connectivity index (χ1) is 10.1. The Hall–Kier alpha value is -2.26. The third-order valence-electron chi connectivity index (χ3n) is 3.54. The van der Waals surface area contributed by atoms with Crippen molar-refractivity contribution in [3.8, 4) is 0 Å². The number of nitrogens with zero attached hydrogens (tertiary/aromatic N) is 4. The van der Waals surface area contributed by atoms with E-state index in [1.165, 1.54) is 12.7 Å². The Morgan fingerprint density at radius 2 is 2.29 bits per heavy atom. The number of hydrogen-bond acceptors (Lipinski definition) is 7. The predicted molar refractivity (Wildman–Crippen MR) is 71.1 cm³/mol. The maximum atomic E-state index is 10.6. The number of carboxylic acid groups (broad SMARTS) is 1. The summed E-state index contributed by atoms with van der Waals surface area (Å²) in [7, 11) is 0. The van der Waals surface area contributed by atoms with Gasteiger partial charge in [0.05, 0.1) is 18.5 Å². The molecule has 1 aliphatic rings. The van der Waals surface area contributed by atoms with Gasteiger partial charge in [-0.3, -0.25) is 9.36 Å². The van der Waals surface area contributed by atoms with Crippen molar-refractivity contribution in [2.75, 3.05) is 5.73 Å². The van der Waals surface area contributed by atoms with Crippen molar-refractivity contribution >= 4 is 23.0 Å². The molecule has 9 nitrogen and oxygen atoms in total. The van der Waals surface area contributed by atoms with E-state index in [2.05, 4.69) is 15.0 Å². The van der Waals surface area contributed by atoms with E-state index < -0.39 is 24.4 Å². The lowest BCUT2D eigenvalue weighted by molar-refractivity contribution is -0.138. The number of aliphatic carboxylic acids is 1. The molecule has 1 fully saturated rings. The van der Waals surface area contributed by atoms with Crippen LogP contribution in [0.1, 0.15) is 25.5 Å².